The van der Waals surface area contributed by atoms with E-state index in [1.807, 2.05) is 55.5 Å². The highest BCUT2D eigenvalue weighted by atomic mass is 16.5. The van der Waals surface area contributed by atoms with Crippen LogP contribution in [-0.2, 0) is 17.8 Å². The molecule has 7 heteroatoms. The first-order valence-electron chi connectivity index (χ1n) is 9.44. The average Bonchev–Trinajstić information content (AvgIpc) is 2.75. The third kappa shape index (κ3) is 7.57. The van der Waals surface area contributed by atoms with Gasteiger partial charge in [0, 0.05) is 24.3 Å². The number of methoxy groups -OCH3 is 1. The molecular weight excluding hydrogens is 368 g/mol. The van der Waals surface area contributed by atoms with Gasteiger partial charge >= 0.3 is 6.09 Å². The second kappa shape index (κ2) is 12.1. The van der Waals surface area contributed by atoms with Crippen LogP contribution in [0, 0.1) is 0 Å². The van der Waals surface area contributed by atoms with Crippen molar-refractivity contribution in [1.29, 1.82) is 0 Å². The molecule has 1 amide bonds. The Balaban J connectivity index is 1.98. The predicted molar refractivity (Wildman–Crippen MR) is 116 cm³/mol. The number of hydrogen-bond donors (Lipinski definition) is 3. The van der Waals surface area contributed by atoms with Gasteiger partial charge in [-0.3, -0.25) is 5.32 Å². The van der Waals surface area contributed by atoms with E-state index in [1.165, 1.54) is 7.11 Å². The van der Waals surface area contributed by atoms with E-state index in [-0.39, 0.29) is 0 Å². The van der Waals surface area contributed by atoms with Gasteiger partial charge < -0.3 is 20.1 Å². The number of guanidine groups is 1. The molecule has 0 bridgehead atoms. The van der Waals surface area contributed by atoms with Crippen LogP contribution in [0.15, 0.2) is 66.2 Å². The molecule has 2 aromatic rings. The molecule has 0 aliphatic heterocycles. The minimum absolute atomic E-state index is 0.464. The Labute approximate surface area is 171 Å². The van der Waals surface area contributed by atoms with Crippen molar-refractivity contribution in [3.63, 3.8) is 0 Å². The third-order valence-corrected chi connectivity index (χ3v) is 3.93. The summed E-state index contributed by atoms with van der Waals surface area (Å²) in [5, 5.41) is 9.19. The van der Waals surface area contributed by atoms with Gasteiger partial charge in [-0.2, -0.15) is 0 Å². The summed E-state index contributed by atoms with van der Waals surface area (Å²) in [4.78, 5) is 15.9. The van der Waals surface area contributed by atoms with Crippen molar-refractivity contribution in [2.75, 3.05) is 25.6 Å². The zero-order valence-electron chi connectivity index (χ0n) is 16.9. The zero-order chi connectivity index (χ0) is 20.9. The lowest BCUT2D eigenvalue weighted by Gasteiger charge is -2.14. The third-order valence-electron chi connectivity index (χ3n) is 3.93. The molecule has 0 aliphatic carbocycles. The molecule has 0 atom stereocenters. The molecule has 0 radical (unpaired) electrons. The van der Waals surface area contributed by atoms with Crippen LogP contribution < -0.4 is 20.7 Å². The normalized spacial score (nSPS) is 10.8. The summed E-state index contributed by atoms with van der Waals surface area (Å²) in [5.41, 5.74) is 2.73. The molecule has 0 unspecified atom stereocenters. The highest BCUT2D eigenvalue weighted by Crippen LogP contribution is 2.17. The van der Waals surface area contributed by atoms with Crippen LogP contribution in [0.2, 0.25) is 0 Å². The summed E-state index contributed by atoms with van der Waals surface area (Å²) < 4.78 is 10.3. The van der Waals surface area contributed by atoms with E-state index >= 15 is 0 Å². The molecule has 7 nitrogen and oxygen atoms in total. The summed E-state index contributed by atoms with van der Waals surface area (Å²) in [5.74, 6) is 1.53. The summed E-state index contributed by atoms with van der Waals surface area (Å²) in [7, 11) is 1.33. The minimum atomic E-state index is -0.494. The number of para-hydroxylation sites is 1. The van der Waals surface area contributed by atoms with Gasteiger partial charge in [0.15, 0.2) is 5.96 Å². The number of ether oxygens (including phenoxy) is 2. The number of nitrogens with zero attached hydrogens (tertiary/aromatic N) is 1. The quantitative estimate of drug-likeness (QED) is 0.342. The number of carbonyl (C=O) groups excluding carboxylic acids is 1. The van der Waals surface area contributed by atoms with E-state index in [0.29, 0.717) is 31.3 Å². The van der Waals surface area contributed by atoms with Crippen molar-refractivity contribution in [2.45, 2.75) is 20.0 Å². The van der Waals surface area contributed by atoms with Crippen LogP contribution in [0.3, 0.4) is 0 Å². The van der Waals surface area contributed by atoms with E-state index in [2.05, 4.69) is 32.3 Å². The minimum Gasteiger partial charge on any atom is -0.489 e. The summed E-state index contributed by atoms with van der Waals surface area (Å²) in [6.07, 6.45) is 1.23. The molecule has 0 saturated heterocycles. The first-order valence-corrected chi connectivity index (χ1v) is 9.44. The molecule has 0 aromatic heterocycles. The van der Waals surface area contributed by atoms with Crippen molar-refractivity contribution < 1.29 is 14.3 Å². The van der Waals surface area contributed by atoms with Crippen LogP contribution in [0.5, 0.6) is 5.75 Å². The van der Waals surface area contributed by atoms with E-state index in [0.717, 1.165) is 23.4 Å². The Hall–Kier alpha value is -3.48. The van der Waals surface area contributed by atoms with Gasteiger partial charge in [0.1, 0.15) is 12.4 Å². The fourth-order valence-corrected chi connectivity index (χ4v) is 2.49. The lowest BCUT2D eigenvalue weighted by molar-refractivity contribution is 0.187. The van der Waals surface area contributed by atoms with Gasteiger partial charge in [0.2, 0.25) is 0 Å². The van der Waals surface area contributed by atoms with E-state index in [1.54, 1.807) is 6.08 Å². The topological polar surface area (TPSA) is 84.0 Å². The number of carbonyl (C=O) groups is 1. The van der Waals surface area contributed by atoms with Crippen molar-refractivity contribution in [3.05, 3.63) is 72.3 Å². The second-order valence-corrected chi connectivity index (χ2v) is 6.07. The molecule has 0 saturated carbocycles. The van der Waals surface area contributed by atoms with Crippen LogP contribution in [-0.4, -0.2) is 32.3 Å². The fraction of sp³-hybridized carbons (Fsp3) is 0.273. The lowest BCUT2D eigenvalue weighted by Crippen LogP contribution is -2.36. The van der Waals surface area contributed by atoms with Gasteiger partial charge in [0.05, 0.1) is 13.7 Å². The zero-order valence-corrected chi connectivity index (χ0v) is 16.9. The van der Waals surface area contributed by atoms with E-state index < -0.39 is 6.09 Å². The number of nitrogens with one attached hydrogen (secondary N) is 3. The monoisotopic (exact) mass is 396 g/mol. The van der Waals surface area contributed by atoms with Crippen LogP contribution in [0.25, 0.3) is 0 Å². The Kier molecular flexibility index (Phi) is 9.08. The Morgan fingerprint density at radius 1 is 1.14 bits per heavy atom. The van der Waals surface area contributed by atoms with Crippen molar-refractivity contribution in [1.82, 2.24) is 10.6 Å². The molecular formula is C22H28N4O3. The molecule has 0 fully saturated rings. The van der Waals surface area contributed by atoms with Gasteiger partial charge in [-0.1, -0.05) is 43.0 Å². The number of hydrogen-bond acceptors (Lipinski definition) is 4. The van der Waals surface area contributed by atoms with E-state index in [9.17, 15) is 4.79 Å². The number of anilines is 1. The standard InChI is InChI=1S/C22H28N4O3/c1-4-14-29-20-9-7-6-8-18(20)16-25-21(23-5-2)24-15-17-10-12-19(13-11-17)26-22(27)28-3/h4,6-13H,1,5,14-16H2,2-3H3,(H,26,27)(H2,23,24,25). The molecule has 0 spiro atoms. The Bertz CT molecular complexity index is 819. The highest BCUT2D eigenvalue weighted by molar-refractivity contribution is 5.84. The summed E-state index contributed by atoms with van der Waals surface area (Å²) in [6, 6.07) is 15.3. The predicted octanol–water partition coefficient (Wildman–Crippen LogP) is 3.69. The number of aliphatic imine (C=N–C) groups is 1. The Morgan fingerprint density at radius 3 is 2.59 bits per heavy atom. The lowest BCUT2D eigenvalue weighted by atomic mass is 10.2. The van der Waals surface area contributed by atoms with Gasteiger partial charge in [0.25, 0.3) is 0 Å². The molecule has 29 heavy (non-hydrogen) atoms. The second-order valence-electron chi connectivity index (χ2n) is 6.07. The maximum absolute atomic E-state index is 11.2. The van der Waals surface area contributed by atoms with Gasteiger partial charge in [-0.25, -0.2) is 9.79 Å². The van der Waals surface area contributed by atoms with Crippen LogP contribution in [0.4, 0.5) is 10.5 Å². The van der Waals surface area contributed by atoms with E-state index in [4.69, 9.17) is 4.74 Å². The highest BCUT2D eigenvalue weighted by Gasteiger charge is 2.05. The van der Waals surface area contributed by atoms with Gasteiger partial charge in [-0.05, 0) is 30.7 Å². The van der Waals surface area contributed by atoms with Crippen molar-refractivity contribution >= 4 is 17.7 Å². The summed E-state index contributed by atoms with van der Waals surface area (Å²) in [6.45, 7) is 8.01. The van der Waals surface area contributed by atoms with Gasteiger partial charge in [-0.15, -0.1) is 0 Å². The molecule has 3 N–H and O–H groups in total. The van der Waals surface area contributed by atoms with Crippen LogP contribution in [0.1, 0.15) is 18.1 Å². The first-order chi connectivity index (χ1) is 14.2. The molecule has 0 heterocycles. The van der Waals surface area contributed by atoms with Crippen molar-refractivity contribution in [2.24, 2.45) is 4.99 Å². The number of benzene rings is 2. The SMILES string of the molecule is C=CCOc1ccccc1CNC(=NCc1ccc(NC(=O)OC)cc1)NCC. The van der Waals surface area contributed by atoms with Crippen LogP contribution >= 0.6 is 0 Å². The molecule has 2 rings (SSSR count). The number of rotatable bonds is 9. The largest absolute Gasteiger partial charge is 0.489 e. The maximum atomic E-state index is 11.2. The molecule has 0 aliphatic rings. The molecule has 154 valence electrons. The smallest absolute Gasteiger partial charge is 0.411 e. The number of amides is 1. The Morgan fingerprint density at radius 2 is 1.90 bits per heavy atom. The average molecular weight is 396 g/mol. The summed E-state index contributed by atoms with van der Waals surface area (Å²) >= 11 is 0. The molecule has 2 aromatic carbocycles. The maximum Gasteiger partial charge on any atom is 0.411 e. The first kappa shape index (κ1) is 21.8. The van der Waals surface area contributed by atoms with Crippen molar-refractivity contribution in [3.8, 4) is 5.75 Å². The fourth-order valence-electron chi connectivity index (χ4n) is 2.49.